The number of alkyl halides is 3. The van der Waals surface area contributed by atoms with E-state index in [2.05, 4.69) is 19.2 Å². The molecule has 15 heavy (non-hydrogen) atoms. The van der Waals surface area contributed by atoms with Crippen molar-refractivity contribution in [1.29, 1.82) is 0 Å². The molecule has 0 bridgehead atoms. The second-order valence-electron chi connectivity index (χ2n) is 5.19. The zero-order valence-electron chi connectivity index (χ0n) is 9.45. The fourth-order valence-electron chi connectivity index (χ4n) is 2.38. The maximum atomic E-state index is 11.9. The van der Waals surface area contributed by atoms with E-state index in [1.807, 2.05) is 0 Å². The molecule has 0 aromatic heterocycles. The van der Waals surface area contributed by atoms with Gasteiger partial charge in [0.25, 0.3) is 0 Å². The molecule has 0 saturated heterocycles. The fourth-order valence-corrected chi connectivity index (χ4v) is 2.38. The van der Waals surface area contributed by atoms with Crippen LogP contribution in [0.15, 0.2) is 0 Å². The average molecular weight is 223 g/mol. The molecule has 1 aliphatic carbocycles. The molecule has 0 unspecified atom stereocenters. The monoisotopic (exact) mass is 223 g/mol. The van der Waals surface area contributed by atoms with E-state index in [1.165, 1.54) is 25.7 Å². The van der Waals surface area contributed by atoms with Crippen LogP contribution in [0.1, 0.15) is 39.5 Å². The van der Waals surface area contributed by atoms with Gasteiger partial charge in [-0.25, -0.2) is 0 Å². The summed E-state index contributed by atoms with van der Waals surface area (Å²) in [5.41, 5.74) is -0.0122. The molecular formula is C11H20F3N. The predicted molar refractivity (Wildman–Crippen MR) is 54.7 cm³/mol. The van der Waals surface area contributed by atoms with Gasteiger partial charge >= 0.3 is 6.18 Å². The molecular weight excluding hydrogens is 203 g/mol. The molecule has 1 fully saturated rings. The van der Waals surface area contributed by atoms with Crippen LogP contribution in [0.25, 0.3) is 0 Å². The molecule has 4 heteroatoms. The van der Waals surface area contributed by atoms with Crippen LogP contribution in [-0.4, -0.2) is 19.3 Å². The zero-order chi connectivity index (χ0) is 11.5. The van der Waals surface area contributed by atoms with Crippen molar-refractivity contribution in [2.24, 2.45) is 11.3 Å². The van der Waals surface area contributed by atoms with Crippen molar-refractivity contribution >= 4 is 0 Å². The van der Waals surface area contributed by atoms with Crippen LogP contribution in [0.4, 0.5) is 13.2 Å². The first-order valence-corrected chi connectivity index (χ1v) is 5.59. The Morgan fingerprint density at radius 2 is 1.60 bits per heavy atom. The lowest BCUT2D eigenvalue weighted by Crippen LogP contribution is -2.39. The van der Waals surface area contributed by atoms with Gasteiger partial charge in [-0.3, -0.25) is 0 Å². The maximum absolute atomic E-state index is 11.9. The molecule has 0 atom stereocenters. The molecule has 0 aromatic rings. The minimum Gasteiger partial charge on any atom is -0.308 e. The van der Waals surface area contributed by atoms with Crippen molar-refractivity contribution in [2.45, 2.75) is 45.7 Å². The first kappa shape index (κ1) is 12.8. The van der Waals surface area contributed by atoms with E-state index in [-0.39, 0.29) is 5.41 Å². The molecule has 1 N–H and O–H groups in total. The van der Waals surface area contributed by atoms with Crippen molar-refractivity contribution in [2.75, 3.05) is 13.1 Å². The third kappa shape index (κ3) is 4.41. The molecule has 0 radical (unpaired) electrons. The SMILES string of the molecule is CC(C)(CNCC(F)(F)F)C1CCCC1. The summed E-state index contributed by atoms with van der Waals surface area (Å²) in [6.07, 6.45) is 0.702. The number of nitrogens with one attached hydrogen (secondary N) is 1. The molecule has 1 saturated carbocycles. The molecule has 90 valence electrons. The molecule has 1 nitrogen and oxygen atoms in total. The number of rotatable bonds is 4. The number of hydrogen-bond acceptors (Lipinski definition) is 1. The Hall–Kier alpha value is -0.250. The summed E-state index contributed by atoms with van der Waals surface area (Å²) in [6.45, 7) is 3.71. The first-order valence-electron chi connectivity index (χ1n) is 5.59. The third-order valence-electron chi connectivity index (χ3n) is 3.37. The Bertz CT molecular complexity index is 192. The van der Waals surface area contributed by atoms with Crippen LogP contribution in [0.5, 0.6) is 0 Å². The van der Waals surface area contributed by atoms with Crippen molar-refractivity contribution in [1.82, 2.24) is 5.32 Å². The molecule has 0 amide bonds. The lowest BCUT2D eigenvalue weighted by atomic mass is 9.78. The van der Waals surface area contributed by atoms with Gasteiger partial charge in [-0.15, -0.1) is 0 Å². The van der Waals surface area contributed by atoms with Gasteiger partial charge in [0, 0.05) is 6.54 Å². The largest absolute Gasteiger partial charge is 0.401 e. The van der Waals surface area contributed by atoms with Crippen LogP contribution in [0, 0.1) is 11.3 Å². The van der Waals surface area contributed by atoms with Gasteiger partial charge < -0.3 is 5.32 Å². The molecule has 0 aliphatic heterocycles. The van der Waals surface area contributed by atoms with E-state index in [4.69, 9.17) is 0 Å². The van der Waals surface area contributed by atoms with E-state index in [0.29, 0.717) is 12.5 Å². The van der Waals surface area contributed by atoms with E-state index >= 15 is 0 Å². The average Bonchev–Trinajstić information content (AvgIpc) is 2.52. The lowest BCUT2D eigenvalue weighted by Gasteiger charge is -2.32. The summed E-state index contributed by atoms with van der Waals surface area (Å²) < 4.78 is 35.8. The summed E-state index contributed by atoms with van der Waals surface area (Å²) >= 11 is 0. The fraction of sp³-hybridized carbons (Fsp3) is 1.00. The van der Waals surface area contributed by atoms with Crippen LogP contribution in [-0.2, 0) is 0 Å². The second kappa shape index (κ2) is 4.73. The summed E-state index contributed by atoms with van der Waals surface area (Å²) in [7, 11) is 0. The highest BCUT2D eigenvalue weighted by molar-refractivity contribution is 4.84. The van der Waals surface area contributed by atoms with Gasteiger partial charge in [0.15, 0.2) is 0 Å². The van der Waals surface area contributed by atoms with Crippen LogP contribution in [0.2, 0.25) is 0 Å². The maximum Gasteiger partial charge on any atom is 0.401 e. The van der Waals surface area contributed by atoms with Crippen molar-refractivity contribution in [3.8, 4) is 0 Å². The minimum absolute atomic E-state index is 0.0122. The van der Waals surface area contributed by atoms with Gasteiger partial charge in [-0.05, 0) is 24.2 Å². The number of hydrogen-bond donors (Lipinski definition) is 1. The minimum atomic E-state index is -4.09. The Labute approximate surface area is 89.4 Å². The van der Waals surface area contributed by atoms with Gasteiger partial charge in [0.05, 0.1) is 6.54 Å². The normalized spacial score (nSPS) is 19.8. The van der Waals surface area contributed by atoms with E-state index in [0.717, 1.165) is 0 Å². The van der Waals surface area contributed by atoms with Gasteiger partial charge in [0.1, 0.15) is 0 Å². The van der Waals surface area contributed by atoms with E-state index < -0.39 is 12.7 Å². The smallest absolute Gasteiger partial charge is 0.308 e. The molecule has 1 rings (SSSR count). The zero-order valence-corrected chi connectivity index (χ0v) is 9.45. The Morgan fingerprint density at radius 3 is 2.07 bits per heavy atom. The van der Waals surface area contributed by atoms with E-state index in [1.54, 1.807) is 0 Å². The molecule has 0 heterocycles. The van der Waals surface area contributed by atoms with Crippen LogP contribution in [0.3, 0.4) is 0 Å². The quantitative estimate of drug-likeness (QED) is 0.770. The van der Waals surface area contributed by atoms with Crippen LogP contribution < -0.4 is 5.32 Å². The van der Waals surface area contributed by atoms with Gasteiger partial charge in [-0.1, -0.05) is 26.7 Å². The Balaban J connectivity index is 2.29. The number of halogens is 3. The lowest BCUT2D eigenvalue weighted by molar-refractivity contribution is -0.125. The second-order valence-corrected chi connectivity index (χ2v) is 5.19. The van der Waals surface area contributed by atoms with E-state index in [9.17, 15) is 13.2 Å². The third-order valence-corrected chi connectivity index (χ3v) is 3.37. The van der Waals surface area contributed by atoms with Gasteiger partial charge in [0.2, 0.25) is 0 Å². The first-order chi connectivity index (χ1) is 6.81. The van der Waals surface area contributed by atoms with Crippen molar-refractivity contribution < 1.29 is 13.2 Å². The summed E-state index contributed by atoms with van der Waals surface area (Å²) in [5, 5.41) is 2.52. The molecule has 1 aliphatic rings. The molecule has 0 spiro atoms. The Kier molecular flexibility index (Phi) is 4.04. The van der Waals surface area contributed by atoms with Gasteiger partial charge in [-0.2, -0.15) is 13.2 Å². The predicted octanol–water partition coefficient (Wildman–Crippen LogP) is 3.35. The topological polar surface area (TPSA) is 12.0 Å². The Morgan fingerprint density at radius 1 is 1.07 bits per heavy atom. The highest BCUT2D eigenvalue weighted by Gasteiger charge is 2.33. The van der Waals surface area contributed by atoms with Crippen molar-refractivity contribution in [3.05, 3.63) is 0 Å². The summed E-state index contributed by atoms with van der Waals surface area (Å²) in [4.78, 5) is 0. The van der Waals surface area contributed by atoms with Crippen molar-refractivity contribution in [3.63, 3.8) is 0 Å². The highest BCUT2D eigenvalue weighted by atomic mass is 19.4. The molecule has 0 aromatic carbocycles. The summed E-state index contributed by atoms with van der Waals surface area (Å²) in [6, 6.07) is 0. The standard InChI is InChI=1S/C11H20F3N/c1-10(2,9-5-3-4-6-9)7-15-8-11(12,13)14/h9,15H,3-8H2,1-2H3. The highest BCUT2D eigenvalue weighted by Crippen LogP contribution is 2.39. The summed E-state index contributed by atoms with van der Waals surface area (Å²) in [5.74, 6) is 0.582. The van der Waals surface area contributed by atoms with Crippen LogP contribution >= 0.6 is 0 Å².